The van der Waals surface area contributed by atoms with E-state index < -0.39 is 18.0 Å². The van der Waals surface area contributed by atoms with E-state index in [9.17, 15) is 24.6 Å². The molecule has 4 aliphatic heterocycles. The number of nitrogens with one attached hydrogen (secondary N) is 2. The van der Waals surface area contributed by atoms with Crippen LogP contribution in [0.1, 0.15) is 26.2 Å². The molecular weight excluding hydrogens is 358 g/mol. The van der Waals surface area contributed by atoms with Crippen molar-refractivity contribution >= 4 is 29.5 Å². The van der Waals surface area contributed by atoms with Crippen LogP contribution < -0.4 is 10.6 Å². The summed E-state index contributed by atoms with van der Waals surface area (Å²) in [5.41, 5.74) is 0.0862. The molecule has 3 saturated heterocycles. The number of β-lactam (4-membered cyclic amide) rings is 1. The quantitative estimate of drug-likeness (QED) is 0.474. The van der Waals surface area contributed by atoms with Gasteiger partial charge in [-0.05, 0) is 13.3 Å². The number of carbonyl (C=O) groups is 3. The minimum atomic E-state index is -1.08. The average Bonchev–Trinajstić information content (AvgIpc) is 3.25. The largest absolute Gasteiger partial charge is 0.477 e. The van der Waals surface area contributed by atoms with E-state index >= 15 is 0 Å². The van der Waals surface area contributed by atoms with E-state index in [1.165, 1.54) is 16.7 Å². The Labute approximate surface area is 155 Å². The zero-order valence-electron chi connectivity index (χ0n) is 14.5. The second kappa shape index (κ2) is 6.54. The molecule has 6 atom stereocenters. The zero-order chi connectivity index (χ0) is 18.6. The van der Waals surface area contributed by atoms with Crippen LogP contribution in [-0.4, -0.2) is 69.4 Å². The third kappa shape index (κ3) is 2.82. The lowest BCUT2D eigenvalue weighted by atomic mass is 9.83. The lowest BCUT2D eigenvalue weighted by Crippen LogP contribution is -2.61. The molecule has 26 heavy (non-hydrogen) atoms. The molecule has 4 aliphatic rings. The molecule has 9 heteroatoms. The predicted molar refractivity (Wildman–Crippen MR) is 94.0 cm³/mol. The summed E-state index contributed by atoms with van der Waals surface area (Å²) in [6, 6.07) is 0.0171. The predicted octanol–water partition coefficient (Wildman–Crippen LogP) is -0.506. The minimum absolute atomic E-state index is 0.0862. The van der Waals surface area contributed by atoms with Crippen LogP contribution >= 0.6 is 11.8 Å². The van der Waals surface area contributed by atoms with Gasteiger partial charge in [0.05, 0.1) is 18.1 Å². The van der Waals surface area contributed by atoms with E-state index in [2.05, 4.69) is 10.6 Å². The van der Waals surface area contributed by atoms with Gasteiger partial charge >= 0.3 is 5.97 Å². The SMILES string of the molecule is C[C@@H](O)[C@H]1C(=O)N2C(C(=O)O)=C(S[C@@H]3CN[C@@H](C4CNC(=O)C4)C3)C[C@H]12. The van der Waals surface area contributed by atoms with Gasteiger partial charge in [-0.25, -0.2) is 4.79 Å². The van der Waals surface area contributed by atoms with Gasteiger partial charge in [-0.2, -0.15) is 0 Å². The fourth-order valence-electron chi connectivity index (χ4n) is 4.63. The maximum Gasteiger partial charge on any atom is 0.353 e. The molecule has 4 rings (SSSR count). The Hall–Kier alpha value is -1.58. The number of nitrogens with zero attached hydrogens (tertiary/aromatic N) is 1. The lowest BCUT2D eigenvalue weighted by molar-refractivity contribution is -0.161. The Morgan fingerprint density at radius 2 is 2.08 bits per heavy atom. The van der Waals surface area contributed by atoms with Crippen molar-refractivity contribution in [3.63, 3.8) is 0 Å². The number of carboxylic acids is 1. The molecule has 0 aromatic heterocycles. The second-order valence-corrected chi connectivity index (χ2v) is 8.98. The Bertz CT molecular complexity index is 694. The summed E-state index contributed by atoms with van der Waals surface area (Å²) in [6.45, 7) is 3.03. The Morgan fingerprint density at radius 3 is 2.69 bits per heavy atom. The number of hydrogen-bond acceptors (Lipinski definition) is 6. The number of aliphatic carboxylic acids is 1. The van der Waals surface area contributed by atoms with Crippen LogP contribution in [0.5, 0.6) is 0 Å². The highest BCUT2D eigenvalue weighted by molar-refractivity contribution is 8.03. The fraction of sp³-hybridized carbons (Fsp3) is 0.706. The van der Waals surface area contributed by atoms with E-state index in [-0.39, 0.29) is 40.8 Å². The molecule has 0 spiro atoms. The first-order chi connectivity index (χ1) is 12.4. The highest BCUT2D eigenvalue weighted by atomic mass is 32.2. The van der Waals surface area contributed by atoms with Crippen molar-refractivity contribution in [3.05, 3.63) is 10.6 Å². The van der Waals surface area contributed by atoms with Crippen LogP contribution in [0.4, 0.5) is 0 Å². The highest BCUT2D eigenvalue weighted by Gasteiger charge is 2.57. The molecule has 0 bridgehead atoms. The van der Waals surface area contributed by atoms with Crippen molar-refractivity contribution in [2.45, 2.75) is 49.6 Å². The number of fused-ring (bicyclic) bond motifs is 1. The molecule has 0 aromatic rings. The van der Waals surface area contributed by atoms with Crippen molar-refractivity contribution < 1.29 is 24.6 Å². The number of carbonyl (C=O) groups excluding carboxylic acids is 2. The summed E-state index contributed by atoms with van der Waals surface area (Å²) >= 11 is 1.53. The lowest BCUT2D eigenvalue weighted by Gasteiger charge is -2.44. The number of rotatable bonds is 5. The van der Waals surface area contributed by atoms with Crippen LogP contribution in [0.15, 0.2) is 10.6 Å². The van der Waals surface area contributed by atoms with Crippen molar-refractivity contribution in [2.24, 2.45) is 11.8 Å². The van der Waals surface area contributed by atoms with E-state index in [4.69, 9.17) is 0 Å². The normalized spacial score (nSPS) is 37.6. The molecule has 1 unspecified atom stereocenters. The van der Waals surface area contributed by atoms with Gasteiger partial charge in [0.15, 0.2) is 0 Å². The average molecular weight is 381 g/mol. The molecular formula is C17H23N3O5S. The van der Waals surface area contributed by atoms with Gasteiger partial charge in [-0.1, -0.05) is 0 Å². The van der Waals surface area contributed by atoms with Gasteiger partial charge in [0.1, 0.15) is 5.70 Å². The van der Waals surface area contributed by atoms with Gasteiger partial charge in [-0.15, -0.1) is 11.8 Å². The molecule has 2 amide bonds. The van der Waals surface area contributed by atoms with E-state index in [1.807, 2.05) is 0 Å². The number of aliphatic hydroxyl groups excluding tert-OH is 1. The van der Waals surface area contributed by atoms with Crippen molar-refractivity contribution in [1.29, 1.82) is 0 Å². The van der Waals surface area contributed by atoms with Crippen LogP contribution in [-0.2, 0) is 14.4 Å². The summed E-state index contributed by atoms with van der Waals surface area (Å²) in [5.74, 6) is -1.51. The maximum absolute atomic E-state index is 12.2. The van der Waals surface area contributed by atoms with E-state index in [0.717, 1.165) is 17.9 Å². The summed E-state index contributed by atoms with van der Waals surface area (Å²) < 4.78 is 0. The first kappa shape index (κ1) is 17.8. The smallest absolute Gasteiger partial charge is 0.353 e. The highest BCUT2D eigenvalue weighted by Crippen LogP contribution is 2.48. The van der Waals surface area contributed by atoms with Crippen molar-refractivity contribution in [2.75, 3.05) is 13.1 Å². The third-order valence-corrected chi connectivity index (χ3v) is 7.24. The van der Waals surface area contributed by atoms with Crippen LogP contribution in [0.2, 0.25) is 0 Å². The molecule has 8 nitrogen and oxygen atoms in total. The summed E-state index contributed by atoms with van der Waals surface area (Å²) in [6.07, 6.45) is 1.14. The zero-order valence-corrected chi connectivity index (χ0v) is 15.3. The summed E-state index contributed by atoms with van der Waals surface area (Å²) in [7, 11) is 0. The van der Waals surface area contributed by atoms with Gasteiger partial charge in [0, 0.05) is 48.0 Å². The molecule has 0 saturated carbocycles. The number of thioether (sulfide) groups is 1. The standard InChI is InChI=1S/C17H23N3O5S/c1-7(21)14-11-4-12(15(17(24)25)20(11)16(14)23)26-9-3-10(18-6-9)8-2-13(22)19-5-8/h7-11,14,18,21H,2-6H2,1H3,(H,19,22)(H,24,25)/t7-,8?,9+,10-,11-,14-/m1/s1. The number of hydrogen-bond donors (Lipinski definition) is 4. The van der Waals surface area contributed by atoms with Gasteiger partial charge < -0.3 is 25.7 Å². The monoisotopic (exact) mass is 381 g/mol. The number of aliphatic hydroxyl groups is 1. The molecule has 4 N–H and O–H groups in total. The van der Waals surface area contributed by atoms with Gasteiger partial charge in [0.25, 0.3) is 0 Å². The molecule has 0 radical (unpaired) electrons. The van der Waals surface area contributed by atoms with Gasteiger partial charge in [0.2, 0.25) is 11.8 Å². The first-order valence-corrected chi connectivity index (χ1v) is 9.89. The van der Waals surface area contributed by atoms with Crippen LogP contribution in [0, 0.1) is 11.8 Å². The molecule has 142 valence electrons. The number of amides is 2. The molecule has 4 heterocycles. The summed E-state index contributed by atoms with van der Waals surface area (Å²) in [5, 5.41) is 25.9. The fourth-order valence-corrected chi connectivity index (χ4v) is 6.08. The van der Waals surface area contributed by atoms with Gasteiger partial charge in [-0.3, -0.25) is 9.59 Å². The first-order valence-electron chi connectivity index (χ1n) is 9.01. The Balaban J connectivity index is 1.44. The Morgan fingerprint density at radius 1 is 1.31 bits per heavy atom. The summed E-state index contributed by atoms with van der Waals surface area (Å²) in [4.78, 5) is 37.5. The van der Waals surface area contributed by atoms with Crippen molar-refractivity contribution in [3.8, 4) is 0 Å². The second-order valence-electron chi connectivity index (χ2n) is 7.58. The minimum Gasteiger partial charge on any atom is -0.477 e. The van der Waals surface area contributed by atoms with Crippen molar-refractivity contribution in [1.82, 2.24) is 15.5 Å². The molecule has 3 fully saturated rings. The van der Waals surface area contributed by atoms with E-state index in [1.54, 1.807) is 6.92 Å². The molecule has 0 aliphatic carbocycles. The number of carboxylic acid groups (broad SMARTS) is 1. The Kier molecular flexibility index (Phi) is 4.48. The van der Waals surface area contributed by atoms with E-state index in [0.29, 0.717) is 19.4 Å². The topological polar surface area (TPSA) is 119 Å². The van der Waals surface area contributed by atoms with Crippen LogP contribution in [0.3, 0.4) is 0 Å². The van der Waals surface area contributed by atoms with Crippen LogP contribution in [0.25, 0.3) is 0 Å². The third-order valence-electron chi connectivity index (χ3n) is 5.90. The maximum atomic E-state index is 12.2. The molecule has 0 aromatic carbocycles.